The lowest BCUT2D eigenvalue weighted by Crippen LogP contribution is -2.05. The first kappa shape index (κ1) is 17.7. The Hall–Kier alpha value is -2.73. The van der Waals surface area contributed by atoms with Crippen molar-refractivity contribution in [1.82, 2.24) is 14.4 Å². The largest absolute Gasteiger partial charge is 0.491 e. The van der Waals surface area contributed by atoms with Gasteiger partial charge in [0.1, 0.15) is 11.4 Å². The van der Waals surface area contributed by atoms with Crippen LogP contribution in [0.15, 0.2) is 65.5 Å². The Bertz CT molecular complexity index is 1110. The summed E-state index contributed by atoms with van der Waals surface area (Å²) in [7, 11) is 0. The summed E-state index contributed by atoms with van der Waals surface area (Å²) in [4.78, 5) is 8.14. The van der Waals surface area contributed by atoms with Crippen molar-refractivity contribution in [2.24, 2.45) is 0 Å². The number of pyridine rings is 2. The van der Waals surface area contributed by atoms with E-state index in [1.54, 1.807) is 12.3 Å². The highest BCUT2D eigenvalue weighted by molar-refractivity contribution is 9.10. The van der Waals surface area contributed by atoms with Gasteiger partial charge in [-0.15, -0.1) is 0 Å². The fourth-order valence-corrected chi connectivity index (χ4v) is 3.41. The Balaban J connectivity index is 1.71. The van der Waals surface area contributed by atoms with E-state index in [0.29, 0.717) is 10.0 Å². The van der Waals surface area contributed by atoms with Crippen LogP contribution in [0.5, 0.6) is 5.75 Å². The van der Waals surface area contributed by atoms with E-state index in [4.69, 9.17) is 4.74 Å². The normalized spacial score (nSPS) is 11.3. The molecule has 27 heavy (non-hydrogen) atoms. The monoisotopic (exact) mass is 425 g/mol. The molecule has 0 aliphatic carbocycles. The number of aromatic nitrogens is 3. The fraction of sp³-hybridized carbons (Fsp3) is 0.143. The molecule has 0 unspecified atom stereocenters. The number of imidazole rings is 1. The average molecular weight is 426 g/mol. The zero-order valence-electron chi connectivity index (χ0n) is 14.9. The molecule has 0 fully saturated rings. The highest BCUT2D eigenvalue weighted by atomic mass is 79.9. The maximum Gasteiger partial charge on any atom is 0.227 e. The van der Waals surface area contributed by atoms with Gasteiger partial charge in [-0.1, -0.05) is 12.1 Å². The van der Waals surface area contributed by atoms with Gasteiger partial charge < -0.3 is 4.74 Å². The minimum absolute atomic E-state index is 0.146. The molecule has 0 saturated heterocycles. The molecule has 3 heterocycles. The zero-order chi connectivity index (χ0) is 19.0. The molecular formula is C21H17BrFN3O. The van der Waals surface area contributed by atoms with Gasteiger partial charge in [-0.05, 0) is 71.2 Å². The van der Waals surface area contributed by atoms with E-state index >= 15 is 0 Å². The summed E-state index contributed by atoms with van der Waals surface area (Å²) >= 11 is 3.27. The first-order chi connectivity index (χ1) is 13.0. The second kappa shape index (κ2) is 7.12. The van der Waals surface area contributed by atoms with E-state index < -0.39 is 5.95 Å². The highest BCUT2D eigenvalue weighted by Crippen LogP contribution is 2.31. The van der Waals surface area contributed by atoms with Crippen LogP contribution < -0.4 is 4.74 Å². The number of hydrogen-bond donors (Lipinski definition) is 0. The van der Waals surface area contributed by atoms with Gasteiger partial charge in [0.25, 0.3) is 0 Å². The van der Waals surface area contributed by atoms with Gasteiger partial charge in [0.2, 0.25) is 5.95 Å². The summed E-state index contributed by atoms with van der Waals surface area (Å²) in [6.45, 7) is 4.01. The molecule has 0 N–H and O–H groups in total. The Labute approximate surface area is 164 Å². The number of halogens is 2. The molecule has 1 aromatic carbocycles. The Morgan fingerprint density at radius 1 is 1.04 bits per heavy atom. The summed E-state index contributed by atoms with van der Waals surface area (Å²) in [5, 5.41) is 0. The second-order valence-corrected chi connectivity index (χ2v) is 7.23. The van der Waals surface area contributed by atoms with Gasteiger partial charge in [0.05, 0.1) is 22.5 Å². The number of hydrogen-bond acceptors (Lipinski definition) is 3. The molecule has 0 amide bonds. The predicted octanol–water partition coefficient (Wildman–Crippen LogP) is 5.75. The van der Waals surface area contributed by atoms with Crippen LogP contribution in [-0.2, 0) is 0 Å². The standard InChI is InChI=1S/C21H17BrFN3O/c1-13(2)27-16-5-3-14(4-6-16)15-8-10-26-18(12-25-19(26)11-15)17-7-9-24-21(23)20(17)22/h3-13H,1-2H3. The Morgan fingerprint density at radius 3 is 2.56 bits per heavy atom. The van der Waals surface area contributed by atoms with Crippen molar-refractivity contribution >= 4 is 21.6 Å². The fourth-order valence-electron chi connectivity index (χ4n) is 2.97. The smallest absolute Gasteiger partial charge is 0.227 e. The molecule has 4 nitrogen and oxygen atoms in total. The van der Waals surface area contributed by atoms with Crippen molar-refractivity contribution in [3.05, 3.63) is 71.5 Å². The van der Waals surface area contributed by atoms with Gasteiger partial charge in [-0.2, -0.15) is 4.39 Å². The van der Waals surface area contributed by atoms with Crippen LogP contribution in [0.4, 0.5) is 4.39 Å². The molecule has 4 rings (SSSR count). The number of ether oxygens (including phenoxy) is 1. The lowest BCUT2D eigenvalue weighted by Gasteiger charge is -2.10. The third kappa shape index (κ3) is 3.45. The molecule has 3 aromatic heterocycles. The van der Waals surface area contributed by atoms with E-state index in [0.717, 1.165) is 28.2 Å². The van der Waals surface area contributed by atoms with Crippen LogP contribution in [0.1, 0.15) is 13.8 Å². The number of benzene rings is 1. The number of fused-ring (bicyclic) bond motifs is 1. The van der Waals surface area contributed by atoms with Crippen molar-refractivity contribution in [2.75, 3.05) is 0 Å². The van der Waals surface area contributed by atoms with E-state index in [9.17, 15) is 4.39 Å². The molecule has 6 heteroatoms. The molecule has 0 saturated carbocycles. The van der Waals surface area contributed by atoms with Gasteiger partial charge in [0.15, 0.2) is 0 Å². The molecule has 136 valence electrons. The van der Waals surface area contributed by atoms with Crippen molar-refractivity contribution in [2.45, 2.75) is 20.0 Å². The molecule has 4 aromatic rings. The summed E-state index contributed by atoms with van der Waals surface area (Å²) in [5.41, 5.74) is 4.42. The van der Waals surface area contributed by atoms with E-state index in [1.807, 2.05) is 60.8 Å². The van der Waals surface area contributed by atoms with Gasteiger partial charge in [-0.25, -0.2) is 9.97 Å². The first-order valence-corrected chi connectivity index (χ1v) is 9.37. The Kier molecular flexibility index (Phi) is 4.66. The van der Waals surface area contributed by atoms with Crippen molar-refractivity contribution < 1.29 is 9.13 Å². The number of rotatable bonds is 4. The topological polar surface area (TPSA) is 39.4 Å². The van der Waals surface area contributed by atoms with Crippen LogP contribution in [0.3, 0.4) is 0 Å². The van der Waals surface area contributed by atoms with Crippen molar-refractivity contribution in [3.8, 4) is 28.1 Å². The van der Waals surface area contributed by atoms with Gasteiger partial charge in [0, 0.05) is 18.0 Å². The highest BCUT2D eigenvalue weighted by Gasteiger charge is 2.13. The molecule has 0 radical (unpaired) electrons. The Morgan fingerprint density at radius 2 is 1.81 bits per heavy atom. The van der Waals surface area contributed by atoms with Crippen molar-refractivity contribution in [3.63, 3.8) is 0 Å². The third-order valence-electron chi connectivity index (χ3n) is 4.20. The van der Waals surface area contributed by atoms with Crippen LogP contribution in [0, 0.1) is 5.95 Å². The van der Waals surface area contributed by atoms with Crippen LogP contribution in [0.2, 0.25) is 0 Å². The van der Waals surface area contributed by atoms with E-state index in [-0.39, 0.29) is 6.10 Å². The SMILES string of the molecule is CC(C)Oc1ccc(-c2ccn3c(-c4ccnc(F)c4Br)cnc3c2)cc1. The minimum atomic E-state index is -0.539. The summed E-state index contributed by atoms with van der Waals surface area (Å²) in [6, 6.07) is 13.8. The minimum Gasteiger partial charge on any atom is -0.491 e. The molecule has 0 atom stereocenters. The first-order valence-electron chi connectivity index (χ1n) is 8.57. The van der Waals surface area contributed by atoms with Crippen LogP contribution in [-0.4, -0.2) is 20.5 Å². The van der Waals surface area contributed by atoms with Gasteiger partial charge >= 0.3 is 0 Å². The van der Waals surface area contributed by atoms with Gasteiger partial charge in [-0.3, -0.25) is 4.40 Å². The molecule has 0 spiro atoms. The third-order valence-corrected chi connectivity index (χ3v) is 4.95. The predicted molar refractivity (Wildman–Crippen MR) is 107 cm³/mol. The maximum absolute atomic E-state index is 13.8. The second-order valence-electron chi connectivity index (χ2n) is 6.44. The quantitative estimate of drug-likeness (QED) is 0.390. The van der Waals surface area contributed by atoms with E-state index in [2.05, 4.69) is 25.9 Å². The lowest BCUT2D eigenvalue weighted by molar-refractivity contribution is 0.242. The molecule has 0 aliphatic heterocycles. The van der Waals surface area contributed by atoms with Crippen LogP contribution >= 0.6 is 15.9 Å². The summed E-state index contributed by atoms with van der Waals surface area (Å²) in [6.07, 6.45) is 5.27. The van der Waals surface area contributed by atoms with Crippen molar-refractivity contribution in [1.29, 1.82) is 0 Å². The molecule has 0 aliphatic rings. The van der Waals surface area contributed by atoms with E-state index in [1.165, 1.54) is 6.20 Å². The summed E-state index contributed by atoms with van der Waals surface area (Å²) < 4.78 is 21.7. The number of nitrogens with zero attached hydrogens (tertiary/aromatic N) is 3. The molecule has 0 bridgehead atoms. The lowest BCUT2D eigenvalue weighted by atomic mass is 10.1. The zero-order valence-corrected chi connectivity index (χ0v) is 16.4. The van der Waals surface area contributed by atoms with Crippen LogP contribution in [0.25, 0.3) is 28.0 Å². The summed E-state index contributed by atoms with van der Waals surface area (Å²) in [5.74, 6) is 0.310. The average Bonchev–Trinajstić information content (AvgIpc) is 3.07. The molecular weight excluding hydrogens is 409 g/mol. The maximum atomic E-state index is 13.8.